The van der Waals surface area contributed by atoms with Crippen molar-refractivity contribution >= 4 is 5.69 Å². The van der Waals surface area contributed by atoms with Crippen LogP contribution in [0.2, 0.25) is 0 Å². The number of nitrogens with two attached hydrogens (primary N) is 1. The zero-order valence-electron chi connectivity index (χ0n) is 11.0. The van der Waals surface area contributed by atoms with Gasteiger partial charge in [-0.25, -0.2) is 13.5 Å². The van der Waals surface area contributed by atoms with Gasteiger partial charge in [-0.15, -0.1) is 5.10 Å². The molecular weight excluding hydrogens is 268 g/mol. The molecule has 2 aromatic rings. The van der Waals surface area contributed by atoms with Crippen molar-refractivity contribution in [1.82, 2.24) is 20.2 Å². The molecule has 0 atom stereocenters. The van der Waals surface area contributed by atoms with Gasteiger partial charge in [0.05, 0.1) is 13.2 Å². The number of nitrogens with zero attached hydrogens (tertiary/aromatic N) is 4. The van der Waals surface area contributed by atoms with E-state index in [1.165, 1.54) is 4.68 Å². The Kier molecular flexibility index (Phi) is 4.57. The van der Waals surface area contributed by atoms with E-state index in [4.69, 9.17) is 10.5 Å². The van der Waals surface area contributed by atoms with Gasteiger partial charge in [0.15, 0.2) is 5.82 Å². The number of aromatic nitrogens is 4. The maximum atomic E-state index is 11.9. The Bertz CT molecular complexity index is 573. The Morgan fingerprint density at radius 3 is 2.90 bits per heavy atom. The molecule has 6 nitrogen and oxygen atoms in total. The molecule has 2 N–H and O–H groups in total. The lowest BCUT2D eigenvalue weighted by molar-refractivity contribution is 0.0140. The number of benzene rings is 1. The van der Waals surface area contributed by atoms with E-state index in [1.807, 2.05) is 19.1 Å². The molecule has 20 heavy (non-hydrogen) atoms. The van der Waals surface area contributed by atoms with Crippen molar-refractivity contribution in [3.05, 3.63) is 23.8 Å². The number of halogens is 2. The molecular formula is C12H15F2N5O. The van der Waals surface area contributed by atoms with E-state index in [-0.39, 0.29) is 6.61 Å². The van der Waals surface area contributed by atoms with Crippen LogP contribution in [-0.2, 0) is 11.3 Å². The third-order valence-electron chi connectivity index (χ3n) is 2.75. The van der Waals surface area contributed by atoms with Gasteiger partial charge in [0, 0.05) is 11.3 Å². The number of anilines is 1. The van der Waals surface area contributed by atoms with Crippen LogP contribution in [0.4, 0.5) is 14.5 Å². The van der Waals surface area contributed by atoms with E-state index in [9.17, 15) is 8.78 Å². The first kappa shape index (κ1) is 14.3. The number of hydrogen-bond donors (Lipinski definition) is 1. The summed E-state index contributed by atoms with van der Waals surface area (Å²) in [6.45, 7) is 1.73. The number of hydrogen-bond acceptors (Lipinski definition) is 5. The molecule has 0 saturated heterocycles. The van der Waals surface area contributed by atoms with Crippen LogP contribution in [0, 0.1) is 6.92 Å². The summed E-state index contributed by atoms with van der Waals surface area (Å²) in [6, 6.07) is 5.46. The highest BCUT2D eigenvalue weighted by molar-refractivity contribution is 5.61. The van der Waals surface area contributed by atoms with E-state index < -0.39 is 13.0 Å². The predicted octanol–water partition coefficient (Wildman–Crippen LogP) is 1.51. The van der Waals surface area contributed by atoms with Gasteiger partial charge in [0.25, 0.3) is 6.43 Å². The maximum Gasteiger partial charge on any atom is 0.261 e. The average Bonchev–Trinajstić information content (AvgIpc) is 2.86. The van der Waals surface area contributed by atoms with Gasteiger partial charge in [-0.3, -0.25) is 0 Å². The normalized spacial score (nSPS) is 11.2. The topological polar surface area (TPSA) is 78.8 Å². The summed E-state index contributed by atoms with van der Waals surface area (Å²) in [4.78, 5) is 0. The molecule has 0 unspecified atom stereocenters. The first-order valence-electron chi connectivity index (χ1n) is 6.06. The van der Waals surface area contributed by atoms with E-state index in [1.54, 1.807) is 6.07 Å². The van der Waals surface area contributed by atoms with Crippen LogP contribution in [0.1, 0.15) is 5.56 Å². The lowest BCUT2D eigenvalue weighted by Crippen LogP contribution is -2.12. The molecule has 0 aliphatic carbocycles. The highest BCUT2D eigenvalue weighted by atomic mass is 19.3. The average molecular weight is 283 g/mol. The second kappa shape index (κ2) is 6.38. The summed E-state index contributed by atoms with van der Waals surface area (Å²) in [7, 11) is 0. The number of tetrazole rings is 1. The fourth-order valence-corrected chi connectivity index (χ4v) is 1.70. The molecule has 1 aromatic carbocycles. The van der Waals surface area contributed by atoms with Crippen LogP contribution in [-0.4, -0.2) is 39.8 Å². The van der Waals surface area contributed by atoms with E-state index >= 15 is 0 Å². The number of alkyl halides is 2. The Labute approximate surface area is 114 Å². The molecule has 8 heteroatoms. The lowest BCUT2D eigenvalue weighted by atomic mass is 10.1. The van der Waals surface area contributed by atoms with Crippen LogP contribution >= 0.6 is 0 Å². The summed E-state index contributed by atoms with van der Waals surface area (Å²) in [5.74, 6) is 0.550. The molecule has 0 aliphatic rings. The fraction of sp³-hybridized carbons (Fsp3) is 0.417. The smallest absolute Gasteiger partial charge is 0.261 e. The van der Waals surface area contributed by atoms with Gasteiger partial charge in [0.2, 0.25) is 0 Å². The van der Waals surface area contributed by atoms with Gasteiger partial charge >= 0.3 is 0 Å². The minimum absolute atomic E-state index is 0.121. The summed E-state index contributed by atoms with van der Waals surface area (Å²) in [5, 5.41) is 11.3. The zero-order chi connectivity index (χ0) is 14.5. The number of ether oxygens (including phenoxy) is 1. The maximum absolute atomic E-state index is 11.9. The minimum atomic E-state index is -2.47. The molecule has 0 fully saturated rings. The van der Waals surface area contributed by atoms with Crippen molar-refractivity contribution in [3.8, 4) is 11.4 Å². The molecule has 0 aliphatic heterocycles. The second-order valence-electron chi connectivity index (χ2n) is 4.26. The SMILES string of the molecule is Cc1cc(-c2nnnn2CCOCC(F)F)ccc1N. The molecule has 108 valence electrons. The fourth-order valence-electron chi connectivity index (χ4n) is 1.70. The Hall–Kier alpha value is -2.09. The Morgan fingerprint density at radius 2 is 2.20 bits per heavy atom. The van der Waals surface area contributed by atoms with E-state index in [0.717, 1.165) is 11.1 Å². The minimum Gasteiger partial charge on any atom is -0.399 e. The van der Waals surface area contributed by atoms with E-state index in [2.05, 4.69) is 15.5 Å². The molecule has 1 heterocycles. The van der Waals surface area contributed by atoms with Gasteiger partial charge < -0.3 is 10.5 Å². The van der Waals surface area contributed by atoms with Crippen molar-refractivity contribution in [2.24, 2.45) is 0 Å². The highest BCUT2D eigenvalue weighted by Gasteiger charge is 2.10. The van der Waals surface area contributed by atoms with Crippen molar-refractivity contribution < 1.29 is 13.5 Å². The molecule has 0 radical (unpaired) electrons. The van der Waals surface area contributed by atoms with E-state index in [0.29, 0.717) is 18.1 Å². The summed E-state index contributed by atoms with van der Waals surface area (Å²) in [6.07, 6.45) is -2.47. The Morgan fingerprint density at radius 1 is 1.40 bits per heavy atom. The number of nitrogen functional groups attached to an aromatic ring is 1. The highest BCUT2D eigenvalue weighted by Crippen LogP contribution is 2.20. The lowest BCUT2D eigenvalue weighted by Gasteiger charge is -2.07. The third kappa shape index (κ3) is 3.47. The first-order chi connectivity index (χ1) is 9.58. The van der Waals surface area contributed by atoms with Crippen LogP contribution in [0.5, 0.6) is 0 Å². The van der Waals surface area contributed by atoms with Crippen LogP contribution in [0.3, 0.4) is 0 Å². The van der Waals surface area contributed by atoms with Crippen molar-refractivity contribution in [2.45, 2.75) is 19.9 Å². The molecule has 0 amide bonds. The number of aryl methyl sites for hydroxylation is 1. The predicted molar refractivity (Wildman–Crippen MR) is 69.2 cm³/mol. The van der Waals surface area contributed by atoms with Crippen molar-refractivity contribution in [2.75, 3.05) is 18.9 Å². The van der Waals surface area contributed by atoms with Gasteiger partial charge in [-0.1, -0.05) is 0 Å². The molecule has 0 saturated carbocycles. The molecule has 0 spiro atoms. The Balaban J connectivity index is 2.06. The van der Waals surface area contributed by atoms with Gasteiger partial charge in [-0.2, -0.15) is 0 Å². The third-order valence-corrected chi connectivity index (χ3v) is 2.75. The summed E-state index contributed by atoms with van der Waals surface area (Å²) < 4.78 is 30.2. The van der Waals surface area contributed by atoms with Crippen molar-refractivity contribution in [3.63, 3.8) is 0 Å². The van der Waals surface area contributed by atoms with Gasteiger partial charge in [0.1, 0.15) is 6.61 Å². The molecule has 2 rings (SSSR count). The molecule has 1 aromatic heterocycles. The second-order valence-corrected chi connectivity index (χ2v) is 4.26. The summed E-state index contributed by atoms with van der Waals surface area (Å²) >= 11 is 0. The van der Waals surface area contributed by atoms with Crippen molar-refractivity contribution in [1.29, 1.82) is 0 Å². The zero-order valence-corrected chi connectivity index (χ0v) is 11.0. The van der Waals surface area contributed by atoms with Gasteiger partial charge in [-0.05, 0) is 41.1 Å². The quantitative estimate of drug-likeness (QED) is 0.642. The first-order valence-corrected chi connectivity index (χ1v) is 6.06. The van der Waals surface area contributed by atoms with Crippen LogP contribution in [0.15, 0.2) is 18.2 Å². The largest absolute Gasteiger partial charge is 0.399 e. The standard InChI is InChI=1S/C12H15F2N5O/c1-8-6-9(2-3-10(8)15)12-16-17-18-19(12)4-5-20-7-11(13)14/h2-3,6,11H,4-5,7,15H2,1H3. The van der Waals surface area contributed by atoms with Crippen LogP contribution in [0.25, 0.3) is 11.4 Å². The summed E-state index contributed by atoms with van der Waals surface area (Å²) in [5.41, 5.74) is 8.18. The van der Waals surface area contributed by atoms with Crippen LogP contribution < -0.4 is 5.73 Å². The molecule has 0 bridgehead atoms. The number of rotatable bonds is 6. The monoisotopic (exact) mass is 283 g/mol.